The Morgan fingerprint density at radius 3 is 2.74 bits per heavy atom. The summed E-state index contributed by atoms with van der Waals surface area (Å²) >= 11 is 0. The Balaban J connectivity index is 2.51. The van der Waals surface area contributed by atoms with Crippen LogP contribution in [0.3, 0.4) is 0 Å². The summed E-state index contributed by atoms with van der Waals surface area (Å²) in [5.74, 6) is -0.586. The lowest BCUT2D eigenvalue weighted by Crippen LogP contribution is -2.47. The minimum Gasteiger partial charge on any atom is -0.481 e. The van der Waals surface area contributed by atoms with Gasteiger partial charge in [0.05, 0.1) is 13.0 Å². The Kier molecular flexibility index (Phi) is 6.35. The van der Waals surface area contributed by atoms with Crippen LogP contribution < -0.4 is 5.32 Å². The van der Waals surface area contributed by atoms with Gasteiger partial charge in [-0.25, -0.2) is 4.79 Å². The highest BCUT2D eigenvalue weighted by molar-refractivity contribution is 5.76. The number of methoxy groups -OCH3 is 1. The number of ether oxygens (including phenoxy) is 1. The summed E-state index contributed by atoms with van der Waals surface area (Å²) in [5.41, 5.74) is 0. The average Bonchev–Trinajstić information content (AvgIpc) is 3.17. The molecule has 1 rings (SSSR count). The summed E-state index contributed by atoms with van der Waals surface area (Å²) in [6.45, 7) is 4.92. The molecule has 1 aliphatic carbocycles. The number of carboxylic acids is 1. The summed E-state index contributed by atoms with van der Waals surface area (Å²) in [6.07, 6.45) is 3.58. The molecule has 0 heterocycles. The van der Waals surface area contributed by atoms with Gasteiger partial charge in [-0.15, -0.1) is 6.58 Å². The number of urea groups is 1. The fraction of sp³-hybridized carbons (Fsp3) is 0.692. The van der Waals surface area contributed by atoms with Crippen molar-refractivity contribution in [3.63, 3.8) is 0 Å². The predicted octanol–water partition coefficient (Wildman–Crippen LogP) is 1.08. The van der Waals surface area contributed by atoms with Crippen LogP contribution in [-0.4, -0.2) is 54.9 Å². The molecule has 1 aliphatic rings. The maximum absolute atomic E-state index is 12.1. The first-order chi connectivity index (χ1) is 9.08. The number of hydrogen-bond acceptors (Lipinski definition) is 3. The molecule has 2 amide bonds. The number of aliphatic carboxylic acids is 1. The highest BCUT2D eigenvalue weighted by atomic mass is 16.5. The van der Waals surface area contributed by atoms with Crippen molar-refractivity contribution in [1.82, 2.24) is 10.2 Å². The number of rotatable bonds is 9. The first kappa shape index (κ1) is 15.5. The summed E-state index contributed by atoms with van der Waals surface area (Å²) in [7, 11) is 1.57. The SMILES string of the molecule is C=CCN(CCOC)C(=O)NC(CC(=O)O)C1CC1. The number of nitrogens with zero attached hydrogens (tertiary/aromatic N) is 1. The Morgan fingerprint density at radius 2 is 2.26 bits per heavy atom. The van der Waals surface area contributed by atoms with E-state index in [1.165, 1.54) is 0 Å². The number of carbonyl (C=O) groups excluding carboxylic acids is 1. The van der Waals surface area contributed by atoms with Crippen LogP contribution in [0, 0.1) is 5.92 Å². The van der Waals surface area contributed by atoms with E-state index in [2.05, 4.69) is 11.9 Å². The molecular weight excluding hydrogens is 248 g/mol. The molecule has 0 spiro atoms. The van der Waals surface area contributed by atoms with Gasteiger partial charge in [0.2, 0.25) is 0 Å². The molecule has 0 bridgehead atoms. The summed E-state index contributed by atoms with van der Waals surface area (Å²) in [6, 6.07) is -0.532. The van der Waals surface area contributed by atoms with E-state index in [0.717, 1.165) is 12.8 Å². The Labute approximate surface area is 113 Å². The fourth-order valence-corrected chi connectivity index (χ4v) is 1.91. The van der Waals surface area contributed by atoms with Gasteiger partial charge in [-0.3, -0.25) is 4.79 Å². The molecule has 1 atom stereocenters. The molecule has 108 valence electrons. The number of nitrogens with one attached hydrogen (secondary N) is 1. The van der Waals surface area contributed by atoms with Gasteiger partial charge in [-0.1, -0.05) is 6.08 Å². The van der Waals surface area contributed by atoms with Gasteiger partial charge in [0, 0.05) is 26.2 Å². The van der Waals surface area contributed by atoms with Gasteiger partial charge in [0.25, 0.3) is 0 Å². The molecule has 6 heteroatoms. The fourth-order valence-electron chi connectivity index (χ4n) is 1.91. The number of carboxylic acid groups (broad SMARTS) is 1. The van der Waals surface area contributed by atoms with E-state index in [9.17, 15) is 9.59 Å². The van der Waals surface area contributed by atoms with Crippen LogP contribution in [0.25, 0.3) is 0 Å². The zero-order valence-corrected chi connectivity index (χ0v) is 11.3. The molecule has 1 unspecified atom stereocenters. The van der Waals surface area contributed by atoms with Crippen molar-refractivity contribution in [1.29, 1.82) is 0 Å². The topological polar surface area (TPSA) is 78.9 Å². The maximum atomic E-state index is 12.1. The molecule has 19 heavy (non-hydrogen) atoms. The number of hydrogen-bond donors (Lipinski definition) is 2. The first-order valence-electron chi connectivity index (χ1n) is 6.45. The molecular formula is C13H22N2O4. The van der Waals surface area contributed by atoms with E-state index >= 15 is 0 Å². The zero-order chi connectivity index (χ0) is 14.3. The van der Waals surface area contributed by atoms with E-state index in [1.54, 1.807) is 18.1 Å². The summed E-state index contributed by atoms with van der Waals surface area (Å²) in [4.78, 5) is 24.4. The van der Waals surface area contributed by atoms with E-state index in [-0.39, 0.29) is 18.5 Å². The molecule has 0 aromatic heterocycles. The van der Waals surface area contributed by atoms with Crippen LogP contribution in [0.4, 0.5) is 4.79 Å². The lowest BCUT2D eigenvalue weighted by atomic mass is 10.1. The highest BCUT2D eigenvalue weighted by Crippen LogP contribution is 2.34. The van der Waals surface area contributed by atoms with Crippen molar-refractivity contribution in [3.05, 3.63) is 12.7 Å². The lowest BCUT2D eigenvalue weighted by Gasteiger charge is -2.25. The van der Waals surface area contributed by atoms with Crippen LogP contribution in [0.15, 0.2) is 12.7 Å². The number of carbonyl (C=O) groups is 2. The second-order valence-electron chi connectivity index (χ2n) is 4.72. The third-order valence-electron chi connectivity index (χ3n) is 3.10. The Morgan fingerprint density at radius 1 is 1.58 bits per heavy atom. The zero-order valence-electron chi connectivity index (χ0n) is 11.3. The lowest BCUT2D eigenvalue weighted by molar-refractivity contribution is -0.137. The number of amides is 2. The molecule has 6 nitrogen and oxygen atoms in total. The second-order valence-corrected chi connectivity index (χ2v) is 4.72. The van der Waals surface area contributed by atoms with Gasteiger partial charge in [-0.05, 0) is 18.8 Å². The minimum atomic E-state index is -0.885. The van der Waals surface area contributed by atoms with Crippen molar-refractivity contribution < 1.29 is 19.4 Å². The van der Waals surface area contributed by atoms with Gasteiger partial charge < -0.3 is 20.1 Å². The van der Waals surface area contributed by atoms with Crippen LogP contribution in [0.5, 0.6) is 0 Å². The molecule has 2 N–H and O–H groups in total. The molecule has 0 radical (unpaired) electrons. The molecule has 0 aromatic carbocycles. The van der Waals surface area contributed by atoms with E-state index in [0.29, 0.717) is 25.6 Å². The highest BCUT2D eigenvalue weighted by Gasteiger charge is 2.34. The minimum absolute atomic E-state index is 0.0252. The standard InChI is InChI=1S/C13H22N2O4/c1-3-6-15(7-8-19-2)13(18)14-11(9-12(16)17)10-4-5-10/h3,10-11H,1,4-9H2,2H3,(H,14,18)(H,16,17). The van der Waals surface area contributed by atoms with Crippen molar-refractivity contribution in [2.75, 3.05) is 26.8 Å². The molecule has 0 saturated heterocycles. The van der Waals surface area contributed by atoms with Gasteiger partial charge >= 0.3 is 12.0 Å². The molecule has 1 saturated carbocycles. The maximum Gasteiger partial charge on any atom is 0.317 e. The largest absolute Gasteiger partial charge is 0.481 e. The van der Waals surface area contributed by atoms with Crippen molar-refractivity contribution in [2.24, 2.45) is 5.92 Å². The predicted molar refractivity (Wildman–Crippen MR) is 70.9 cm³/mol. The van der Waals surface area contributed by atoms with Crippen molar-refractivity contribution in [2.45, 2.75) is 25.3 Å². The molecule has 1 fully saturated rings. The second kappa shape index (κ2) is 7.78. The van der Waals surface area contributed by atoms with Crippen molar-refractivity contribution >= 4 is 12.0 Å². The van der Waals surface area contributed by atoms with Gasteiger partial charge in [-0.2, -0.15) is 0 Å². The molecule has 0 aliphatic heterocycles. The Hall–Kier alpha value is -1.56. The summed E-state index contributed by atoms with van der Waals surface area (Å²) < 4.78 is 4.95. The quantitative estimate of drug-likeness (QED) is 0.615. The van der Waals surface area contributed by atoms with Gasteiger partial charge in [0.1, 0.15) is 0 Å². The van der Waals surface area contributed by atoms with E-state index in [1.807, 2.05) is 0 Å². The monoisotopic (exact) mass is 270 g/mol. The van der Waals surface area contributed by atoms with Crippen LogP contribution in [-0.2, 0) is 9.53 Å². The first-order valence-corrected chi connectivity index (χ1v) is 6.45. The van der Waals surface area contributed by atoms with E-state index in [4.69, 9.17) is 9.84 Å². The van der Waals surface area contributed by atoms with E-state index < -0.39 is 5.97 Å². The van der Waals surface area contributed by atoms with Crippen LogP contribution in [0.1, 0.15) is 19.3 Å². The average molecular weight is 270 g/mol. The summed E-state index contributed by atoms with van der Waals surface area (Å²) in [5, 5.41) is 11.7. The Bertz CT molecular complexity index is 329. The van der Waals surface area contributed by atoms with Crippen LogP contribution in [0.2, 0.25) is 0 Å². The van der Waals surface area contributed by atoms with Gasteiger partial charge in [0.15, 0.2) is 0 Å². The normalized spacial score (nSPS) is 15.6. The smallest absolute Gasteiger partial charge is 0.317 e. The third-order valence-corrected chi connectivity index (χ3v) is 3.10. The van der Waals surface area contributed by atoms with Crippen LogP contribution >= 0.6 is 0 Å². The van der Waals surface area contributed by atoms with Crippen molar-refractivity contribution in [3.8, 4) is 0 Å². The molecule has 0 aromatic rings. The third kappa shape index (κ3) is 5.74.